The number of pyridine rings is 1. The van der Waals surface area contributed by atoms with Crippen molar-refractivity contribution in [2.45, 2.75) is 44.3 Å². The second kappa shape index (κ2) is 6.75. The van der Waals surface area contributed by atoms with Gasteiger partial charge in [0.25, 0.3) is 0 Å². The number of hydrogen-bond acceptors (Lipinski definition) is 4. The quantitative estimate of drug-likeness (QED) is 0.851. The number of nitrogens with zero attached hydrogens (tertiary/aromatic N) is 2. The molecule has 2 aliphatic rings. The highest BCUT2D eigenvalue weighted by Crippen LogP contribution is 2.37. The van der Waals surface area contributed by atoms with E-state index in [1.54, 1.807) is 6.20 Å². The molecule has 1 atom stereocenters. The fourth-order valence-corrected chi connectivity index (χ4v) is 3.43. The molecule has 120 valence electrons. The average molecular weight is 304 g/mol. The van der Waals surface area contributed by atoms with Crippen LogP contribution in [0.5, 0.6) is 0 Å². The Morgan fingerprint density at radius 2 is 2.27 bits per heavy atom. The molecule has 2 saturated heterocycles. The van der Waals surface area contributed by atoms with Crippen molar-refractivity contribution in [3.8, 4) is 0 Å². The molecule has 0 aliphatic carbocycles. The third-order valence-electron chi connectivity index (χ3n) is 4.66. The smallest absolute Gasteiger partial charge is 0.228 e. The SMILES string of the molecule is CCO[C@H]1COC2(CCN(C(=O)Cc3ccccn3)CC2)C1. The molecule has 0 N–H and O–H groups in total. The molecule has 5 heteroatoms. The number of carbonyl (C=O) groups is 1. The highest BCUT2D eigenvalue weighted by molar-refractivity contribution is 5.78. The minimum atomic E-state index is -0.0678. The van der Waals surface area contributed by atoms with E-state index >= 15 is 0 Å². The van der Waals surface area contributed by atoms with Crippen LogP contribution in [0.2, 0.25) is 0 Å². The van der Waals surface area contributed by atoms with Crippen molar-refractivity contribution in [1.29, 1.82) is 0 Å². The lowest BCUT2D eigenvalue weighted by Gasteiger charge is -2.38. The number of piperidine rings is 1. The standard InChI is InChI=1S/C17H24N2O3/c1-2-21-15-12-17(22-13-15)6-9-19(10-7-17)16(20)11-14-5-3-4-8-18-14/h3-5,8,15H,2,6-7,9-13H2,1H3/t15-/m1/s1. The maximum Gasteiger partial charge on any atom is 0.228 e. The van der Waals surface area contributed by atoms with E-state index in [1.807, 2.05) is 30.0 Å². The molecule has 0 bridgehead atoms. The van der Waals surface area contributed by atoms with E-state index in [2.05, 4.69) is 4.98 Å². The summed E-state index contributed by atoms with van der Waals surface area (Å²) in [5, 5.41) is 0. The first-order chi connectivity index (χ1) is 10.7. The summed E-state index contributed by atoms with van der Waals surface area (Å²) in [4.78, 5) is 18.5. The number of rotatable bonds is 4. The third-order valence-corrected chi connectivity index (χ3v) is 4.66. The van der Waals surface area contributed by atoms with Crippen molar-refractivity contribution in [3.05, 3.63) is 30.1 Å². The number of carbonyl (C=O) groups excluding carboxylic acids is 1. The molecule has 0 saturated carbocycles. The third kappa shape index (κ3) is 3.47. The number of likely N-dealkylation sites (tertiary alicyclic amines) is 1. The molecule has 22 heavy (non-hydrogen) atoms. The first-order valence-corrected chi connectivity index (χ1v) is 8.14. The summed E-state index contributed by atoms with van der Waals surface area (Å²) in [6.45, 7) is 4.98. The van der Waals surface area contributed by atoms with Gasteiger partial charge in [-0.25, -0.2) is 0 Å². The van der Waals surface area contributed by atoms with Crippen LogP contribution in [-0.4, -0.2) is 53.8 Å². The number of amides is 1. The van der Waals surface area contributed by atoms with Gasteiger partial charge in [-0.3, -0.25) is 9.78 Å². The van der Waals surface area contributed by atoms with E-state index in [0.717, 1.165) is 44.7 Å². The molecule has 1 spiro atoms. The normalized spacial score (nSPS) is 23.9. The van der Waals surface area contributed by atoms with Crippen molar-refractivity contribution < 1.29 is 14.3 Å². The van der Waals surface area contributed by atoms with Gasteiger partial charge in [0.05, 0.1) is 24.7 Å². The molecule has 2 fully saturated rings. The van der Waals surface area contributed by atoms with Crippen molar-refractivity contribution in [1.82, 2.24) is 9.88 Å². The summed E-state index contributed by atoms with van der Waals surface area (Å²) < 4.78 is 11.7. The Labute approximate surface area is 131 Å². The van der Waals surface area contributed by atoms with Crippen LogP contribution in [-0.2, 0) is 20.7 Å². The highest BCUT2D eigenvalue weighted by Gasteiger charge is 2.43. The first kappa shape index (κ1) is 15.4. The van der Waals surface area contributed by atoms with E-state index < -0.39 is 0 Å². The lowest BCUT2D eigenvalue weighted by molar-refractivity contribution is -0.135. The Kier molecular flexibility index (Phi) is 4.74. The molecular weight excluding hydrogens is 280 g/mol. The van der Waals surface area contributed by atoms with Crippen molar-refractivity contribution in [2.75, 3.05) is 26.3 Å². The molecule has 0 unspecified atom stereocenters. The van der Waals surface area contributed by atoms with Gasteiger partial charge in [-0.2, -0.15) is 0 Å². The molecular formula is C17H24N2O3. The fraction of sp³-hybridized carbons (Fsp3) is 0.647. The van der Waals surface area contributed by atoms with Crippen molar-refractivity contribution in [2.24, 2.45) is 0 Å². The molecule has 0 aromatic carbocycles. The Hall–Kier alpha value is -1.46. The van der Waals surface area contributed by atoms with Crippen LogP contribution in [0.1, 0.15) is 31.9 Å². The summed E-state index contributed by atoms with van der Waals surface area (Å²) in [6.07, 6.45) is 5.11. The minimum absolute atomic E-state index is 0.0678. The van der Waals surface area contributed by atoms with Crippen LogP contribution >= 0.6 is 0 Å². The molecule has 3 rings (SSSR count). The molecule has 1 aromatic rings. The molecule has 2 aliphatic heterocycles. The molecule has 1 aromatic heterocycles. The summed E-state index contributed by atoms with van der Waals surface area (Å²) in [6, 6.07) is 5.68. The Morgan fingerprint density at radius 3 is 2.95 bits per heavy atom. The van der Waals surface area contributed by atoms with E-state index in [9.17, 15) is 4.79 Å². The average Bonchev–Trinajstić information content (AvgIpc) is 2.92. The van der Waals surface area contributed by atoms with Crippen molar-refractivity contribution >= 4 is 5.91 Å². The van der Waals surface area contributed by atoms with Crippen LogP contribution in [0.3, 0.4) is 0 Å². The van der Waals surface area contributed by atoms with Gasteiger partial charge in [0.15, 0.2) is 0 Å². The summed E-state index contributed by atoms with van der Waals surface area (Å²) >= 11 is 0. The molecule has 5 nitrogen and oxygen atoms in total. The fourth-order valence-electron chi connectivity index (χ4n) is 3.43. The molecule has 1 amide bonds. The Bertz CT molecular complexity index is 498. The molecule has 0 radical (unpaired) electrons. The maximum atomic E-state index is 12.4. The van der Waals surface area contributed by atoms with Crippen LogP contribution in [0.4, 0.5) is 0 Å². The zero-order valence-electron chi connectivity index (χ0n) is 13.2. The van der Waals surface area contributed by atoms with Gasteiger partial charge in [-0.05, 0) is 31.9 Å². The summed E-state index contributed by atoms with van der Waals surface area (Å²) in [5.74, 6) is 0.160. The lowest BCUT2D eigenvalue weighted by Crippen LogP contribution is -2.47. The van der Waals surface area contributed by atoms with Crippen LogP contribution in [0.15, 0.2) is 24.4 Å². The van der Waals surface area contributed by atoms with Gasteiger partial charge >= 0.3 is 0 Å². The van der Waals surface area contributed by atoms with Gasteiger partial charge in [-0.1, -0.05) is 6.07 Å². The Morgan fingerprint density at radius 1 is 1.45 bits per heavy atom. The highest BCUT2D eigenvalue weighted by atomic mass is 16.6. The zero-order valence-corrected chi connectivity index (χ0v) is 13.2. The van der Waals surface area contributed by atoms with Gasteiger partial charge in [0, 0.05) is 38.0 Å². The molecule has 3 heterocycles. The number of hydrogen-bond donors (Lipinski definition) is 0. The van der Waals surface area contributed by atoms with E-state index in [0.29, 0.717) is 13.0 Å². The predicted molar refractivity (Wildman–Crippen MR) is 82.5 cm³/mol. The number of aromatic nitrogens is 1. The largest absolute Gasteiger partial charge is 0.376 e. The van der Waals surface area contributed by atoms with E-state index in [4.69, 9.17) is 9.47 Å². The lowest BCUT2D eigenvalue weighted by atomic mass is 9.88. The van der Waals surface area contributed by atoms with E-state index in [1.165, 1.54) is 0 Å². The van der Waals surface area contributed by atoms with Crippen LogP contribution < -0.4 is 0 Å². The number of ether oxygens (including phenoxy) is 2. The van der Waals surface area contributed by atoms with Gasteiger partial charge in [-0.15, -0.1) is 0 Å². The van der Waals surface area contributed by atoms with Gasteiger partial charge < -0.3 is 14.4 Å². The second-order valence-corrected chi connectivity index (χ2v) is 6.15. The van der Waals surface area contributed by atoms with Crippen LogP contribution in [0, 0.1) is 0 Å². The zero-order chi connectivity index (χ0) is 15.4. The minimum Gasteiger partial charge on any atom is -0.376 e. The monoisotopic (exact) mass is 304 g/mol. The topological polar surface area (TPSA) is 51.7 Å². The van der Waals surface area contributed by atoms with Crippen molar-refractivity contribution in [3.63, 3.8) is 0 Å². The van der Waals surface area contributed by atoms with Gasteiger partial charge in [0.2, 0.25) is 5.91 Å². The second-order valence-electron chi connectivity index (χ2n) is 6.15. The first-order valence-electron chi connectivity index (χ1n) is 8.14. The van der Waals surface area contributed by atoms with Crippen LogP contribution in [0.25, 0.3) is 0 Å². The summed E-state index contributed by atoms with van der Waals surface area (Å²) in [5.41, 5.74) is 0.767. The van der Waals surface area contributed by atoms with Gasteiger partial charge in [0.1, 0.15) is 0 Å². The Balaban J connectivity index is 1.50. The van der Waals surface area contributed by atoms with E-state index in [-0.39, 0.29) is 17.6 Å². The maximum absolute atomic E-state index is 12.4. The predicted octanol–water partition coefficient (Wildman–Crippen LogP) is 1.81. The summed E-state index contributed by atoms with van der Waals surface area (Å²) in [7, 11) is 0.